The molecule has 2 heterocycles. The van der Waals surface area contributed by atoms with Gasteiger partial charge in [-0.1, -0.05) is 50.4 Å². The van der Waals surface area contributed by atoms with Crippen LogP contribution in [-0.4, -0.2) is 42.1 Å². The van der Waals surface area contributed by atoms with Crippen molar-refractivity contribution in [1.82, 2.24) is 35.0 Å². The number of hydrogen-bond acceptors (Lipinski definition) is 8. The molecule has 0 radical (unpaired) electrons. The third-order valence-corrected chi connectivity index (χ3v) is 6.79. The number of methoxy groups -OCH3 is 1. The van der Waals surface area contributed by atoms with E-state index in [-0.39, 0.29) is 0 Å². The lowest BCUT2D eigenvalue weighted by molar-refractivity contribution is 0.330. The molecule has 0 atom stereocenters. The van der Waals surface area contributed by atoms with E-state index in [0.29, 0.717) is 18.3 Å². The number of unbranched alkanes of at least 4 members (excludes halogenated alkanes) is 1. The Labute approximate surface area is 193 Å². The van der Waals surface area contributed by atoms with Gasteiger partial charge in [0.15, 0.2) is 16.8 Å². The van der Waals surface area contributed by atoms with Crippen molar-refractivity contribution in [3.05, 3.63) is 35.9 Å². The van der Waals surface area contributed by atoms with Crippen molar-refractivity contribution >= 4 is 17.4 Å². The Balaban J connectivity index is 1.49. The SMILES string of the molecule is CCCCn1nnnc1CSc1nnc(CNc2cccc(OC)c2)n1C1CCCCC1. The second kappa shape index (κ2) is 11.3. The molecule has 0 aliphatic heterocycles. The minimum Gasteiger partial charge on any atom is -0.497 e. The maximum absolute atomic E-state index is 5.34. The molecular weight excluding hydrogens is 424 g/mol. The van der Waals surface area contributed by atoms with Crippen LogP contribution in [0.2, 0.25) is 0 Å². The van der Waals surface area contributed by atoms with Crippen molar-refractivity contribution < 1.29 is 4.74 Å². The first kappa shape index (κ1) is 22.6. The monoisotopic (exact) mass is 456 g/mol. The molecule has 2 aromatic heterocycles. The Morgan fingerprint density at radius 2 is 2.00 bits per heavy atom. The molecule has 3 aromatic rings. The summed E-state index contributed by atoms with van der Waals surface area (Å²) in [6, 6.07) is 8.40. The molecule has 1 aromatic carbocycles. The van der Waals surface area contributed by atoms with Gasteiger partial charge >= 0.3 is 0 Å². The average Bonchev–Trinajstić information content (AvgIpc) is 3.47. The number of aromatic nitrogens is 7. The second-order valence-electron chi connectivity index (χ2n) is 8.11. The van der Waals surface area contributed by atoms with E-state index in [1.165, 1.54) is 32.1 Å². The number of nitrogens with one attached hydrogen (secondary N) is 1. The predicted molar refractivity (Wildman–Crippen MR) is 125 cm³/mol. The zero-order valence-electron chi connectivity index (χ0n) is 18.9. The second-order valence-corrected chi connectivity index (χ2v) is 9.05. The number of hydrogen-bond donors (Lipinski definition) is 1. The van der Waals surface area contributed by atoms with Crippen LogP contribution in [0.15, 0.2) is 29.4 Å². The van der Waals surface area contributed by atoms with Crippen molar-refractivity contribution in [1.29, 1.82) is 0 Å². The zero-order chi connectivity index (χ0) is 22.2. The maximum atomic E-state index is 5.34. The quantitative estimate of drug-likeness (QED) is 0.422. The van der Waals surface area contributed by atoms with Gasteiger partial charge in [-0.25, -0.2) is 4.68 Å². The molecule has 0 saturated heterocycles. The standard InChI is InChI=1S/C22H32N8OS/c1-3-4-13-29-21(25-27-28-29)16-32-22-26-24-20(30(22)18-10-6-5-7-11-18)15-23-17-9-8-12-19(14-17)31-2/h8-9,12,14,18,23H,3-7,10-11,13,15-16H2,1-2H3. The molecule has 1 N–H and O–H groups in total. The number of rotatable bonds is 11. The minimum absolute atomic E-state index is 0.444. The molecular formula is C22H32N8OS. The molecule has 0 unspecified atom stereocenters. The lowest BCUT2D eigenvalue weighted by Gasteiger charge is -2.25. The van der Waals surface area contributed by atoms with Crippen LogP contribution in [0.3, 0.4) is 0 Å². The zero-order valence-corrected chi connectivity index (χ0v) is 19.7. The van der Waals surface area contributed by atoms with Crippen LogP contribution >= 0.6 is 11.8 Å². The summed E-state index contributed by atoms with van der Waals surface area (Å²) in [5.74, 6) is 3.37. The fourth-order valence-corrected chi connectivity index (χ4v) is 5.04. The molecule has 4 rings (SSSR count). The fourth-order valence-electron chi connectivity index (χ4n) is 4.08. The predicted octanol–water partition coefficient (Wildman–Crippen LogP) is 4.48. The van der Waals surface area contributed by atoms with Crippen LogP contribution in [0, 0.1) is 0 Å². The van der Waals surface area contributed by atoms with Crippen LogP contribution in [0.5, 0.6) is 5.75 Å². The van der Waals surface area contributed by atoms with Crippen LogP contribution in [-0.2, 0) is 18.8 Å². The molecule has 1 saturated carbocycles. The van der Waals surface area contributed by atoms with Gasteiger partial charge in [0.2, 0.25) is 0 Å². The van der Waals surface area contributed by atoms with Gasteiger partial charge in [0.25, 0.3) is 0 Å². The van der Waals surface area contributed by atoms with Gasteiger partial charge in [0, 0.05) is 24.3 Å². The first-order chi connectivity index (χ1) is 15.8. The number of aryl methyl sites for hydroxylation is 1. The fraction of sp³-hybridized carbons (Fsp3) is 0.591. The van der Waals surface area contributed by atoms with Crippen molar-refractivity contribution in [2.45, 2.75) is 81.9 Å². The summed E-state index contributed by atoms with van der Waals surface area (Å²) in [7, 11) is 1.68. The summed E-state index contributed by atoms with van der Waals surface area (Å²) in [6.07, 6.45) is 8.35. The molecule has 0 spiro atoms. The van der Waals surface area contributed by atoms with Gasteiger partial charge in [0.1, 0.15) is 5.75 Å². The normalized spacial score (nSPS) is 14.6. The molecule has 172 valence electrons. The van der Waals surface area contributed by atoms with Crippen molar-refractivity contribution in [2.24, 2.45) is 0 Å². The van der Waals surface area contributed by atoms with Gasteiger partial charge in [-0.3, -0.25) is 0 Å². The van der Waals surface area contributed by atoms with Gasteiger partial charge in [-0.15, -0.1) is 15.3 Å². The van der Waals surface area contributed by atoms with Crippen LogP contribution in [0.1, 0.15) is 69.6 Å². The Morgan fingerprint density at radius 1 is 1.12 bits per heavy atom. The lowest BCUT2D eigenvalue weighted by atomic mass is 9.95. The van der Waals surface area contributed by atoms with Crippen molar-refractivity contribution in [3.63, 3.8) is 0 Å². The third-order valence-electron chi connectivity index (χ3n) is 5.86. The highest BCUT2D eigenvalue weighted by Gasteiger charge is 2.23. The van der Waals surface area contributed by atoms with Crippen molar-refractivity contribution in [2.75, 3.05) is 12.4 Å². The van der Waals surface area contributed by atoms with E-state index in [1.807, 2.05) is 28.9 Å². The van der Waals surface area contributed by atoms with E-state index in [2.05, 4.69) is 42.5 Å². The molecule has 10 heteroatoms. The maximum Gasteiger partial charge on any atom is 0.191 e. The Kier molecular flexibility index (Phi) is 7.97. The molecule has 32 heavy (non-hydrogen) atoms. The number of tetrazole rings is 1. The minimum atomic E-state index is 0.444. The molecule has 1 aliphatic carbocycles. The molecule has 0 bridgehead atoms. The first-order valence-corrected chi connectivity index (χ1v) is 12.5. The smallest absolute Gasteiger partial charge is 0.191 e. The van der Waals surface area contributed by atoms with Gasteiger partial charge in [-0.05, 0) is 41.8 Å². The van der Waals surface area contributed by atoms with E-state index < -0.39 is 0 Å². The van der Waals surface area contributed by atoms with E-state index >= 15 is 0 Å². The molecule has 9 nitrogen and oxygen atoms in total. The highest BCUT2D eigenvalue weighted by atomic mass is 32.2. The number of anilines is 1. The van der Waals surface area contributed by atoms with E-state index in [0.717, 1.165) is 47.6 Å². The largest absolute Gasteiger partial charge is 0.497 e. The third kappa shape index (κ3) is 5.59. The summed E-state index contributed by atoms with van der Waals surface area (Å²) in [5, 5.41) is 25.8. The van der Waals surface area contributed by atoms with Gasteiger partial charge < -0.3 is 14.6 Å². The van der Waals surface area contributed by atoms with Gasteiger partial charge in [0.05, 0.1) is 19.4 Å². The first-order valence-electron chi connectivity index (χ1n) is 11.5. The molecule has 1 fully saturated rings. The summed E-state index contributed by atoms with van der Waals surface area (Å²) in [4.78, 5) is 0. The van der Waals surface area contributed by atoms with Crippen LogP contribution in [0.4, 0.5) is 5.69 Å². The number of benzene rings is 1. The van der Waals surface area contributed by atoms with Gasteiger partial charge in [-0.2, -0.15) is 0 Å². The topological polar surface area (TPSA) is 95.6 Å². The molecule has 1 aliphatic rings. The summed E-state index contributed by atoms with van der Waals surface area (Å²) in [5.41, 5.74) is 1.01. The van der Waals surface area contributed by atoms with Crippen molar-refractivity contribution in [3.8, 4) is 5.75 Å². The Hall–Kier alpha value is -2.62. The highest BCUT2D eigenvalue weighted by molar-refractivity contribution is 7.98. The summed E-state index contributed by atoms with van der Waals surface area (Å²) in [6.45, 7) is 3.64. The van der Waals surface area contributed by atoms with E-state index in [4.69, 9.17) is 4.74 Å². The highest BCUT2D eigenvalue weighted by Crippen LogP contribution is 2.33. The van der Waals surface area contributed by atoms with E-state index in [1.54, 1.807) is 18.9 Å². The average molecular weight is 457 g/mol. The number of nitrogens with zero attached hydrogens (tertiary/aromatic N) is 7. The Bertz CT molecular complexity index is 982. The Morgan fingerprint density at radius 3 is 2.81 bits per heavy atom. The lowest BCUT2D eigenvalue weighted by Crippen LogP contribution is -2.18. The summed E-state index contributed by atoms with van der Waals surface area (Å²) < 4.78 is 9.59. The summed E-state index contributed by atoms with van der Waals surface area (Å²) >= 11 is 1.67. The number of thioether (sulfide) groups is 1. The van der Waals surface area contributed by atoms with Crippen LogP contribution in [0.25, 0.3) is 0 Å². The van der Waals surface area contributed by atoms with E-state index in [9.17, 15) is 0 Å². The van der Waals surface area contributed by atoms with Crippen LogP contribution < -0.4 is 10.1 Å². The number of ether oxygens (including phenoxy) is 1. The molecule has 0 amide bonds.